The molecule has 1 amide bonds. The third-order valence-corrected chi connectivity index (χ3v) is 8.66. The highest BCUT2D eigenvalue weighted by Gasteiger charge is 2.26. The lowest BCUT2D eigenvalue weighted by atomic mass is 10.1. The number of hydrogen-bond donors (Lipinski definition) is 1. The van der Waals surface area contributed by atoms with E-state index < -0.39 is 52.0 Å². The minimum Gasteiger partial charge on any atom is -0.492 e. The summed E-state index contributed by atoms with van der Waals surface area (Å²) in [7, 11) is -4.45. The van der Waals surface area contributed by atoms with Crippen LogP contribution in [0, 0.1) is 17.6 Å². The van der Waals surface area contributed by atoms with Gasteiger partial charge in [-0.05, 0) is 93.5 Å². The second-order valence-electron chi connectivity index (χ2n) is 10.6. The normalized spacial score (nSPS) is 18.2. The second-order valence-corrected chi connectivity index (χ2v) is 12.3. The van der Waals surface area contributed by atoms with E-state index in [1.54, 1.807) is 30.0 Å². The van der Waals surface area contributed by atoms with Gasteiger partial charge in [0, 0.05) is 17.2 Å². The quantitative estimate of drug-likeness (QED) is 0.293. The maximum Gasteiger partial charge on any atom is 0.268 e. The van der Waals surface area contributed by atoms with Gasteiger partial charge >= 0.3 is 0 Å². The number of nitrogens with zero attached hydrogens (tertiary/aromatic N) is 2. The molecule has 12 heteroatoms. The molecule has 2 fully saturated rings. The van der Waals surface area contributed by atoms with E-state index >= 15 is 8.78 Å². The first-order valence-electron chi connectivity index (χ1n) is 15.7. The molecule has 1 atom stereocenters. The molecule has 1 saturated carbocycles. The van der Waals surface area contributed by atoms with E-state index in [1.807, 2.05) is 0 Å². The number of carbonyl (C=O) groups excluding carboxylic acids is 1. The molecular formula is C31H35F2N3O6S. The molecule has 0 radical (unpaired) electrons. The second kappa shape index (κ2) is 13.3. The largest absolute Gasteiger partial charge is 0.492 e. The number of amides is 1. The highest BCUT2D eigenvalue weighted by atomic mass is 32.2. The average Bonchev–Trinajstić information content (AvgIpc) is 3.86. The Morgan fingerprint density at radius 2 is 1.77 bits per heavy atom. The Bertz CT molecular complexity index is 1630. The molecule has 1 aromatic heterocycles. The van der Waals surface area contributed by atoms with Crippen LogP contribution in [0.3, 0.4) is 0 Å². The molecule has 0 spiro atoms. The minimum atomic E-state index is -4.45. The molecule has 43 heavy (non-hydrogen) atoms. The van der Waals surface area contributed by atoms with E-state index in [1.165, 1.54) is 29.2 Å². The molecule has 0 bridgehead atoms. The Balaban J connectivity index is 1.19. The number of halogens is 2. The first kappa shape index (κ1) is 26.8. The van der Waals surface area contributed by atoms with Crippen molar-refractivity contribution in [2.24, 2.45) is 5.92 Å². The van der Waals surface area contributed by atoms with Crippen LogP contribution in [0.2, 0.25) is 0 Å². The Morgan fingerprint density at radius 3 is 2.40 bits per heavy atom. The number of pyridine rings is 1. The van der Waals surface area contributed by atoms with Crippen molar-refractivity contribution in [3.63, 3.8) is 0 Å². The van der Waals surface area contributed by atoms with E-state index in [0.717, 1.165) is 25.0 Å². The number of hydrogen-bond acceptors (Lipinski definition) is 8. The van der Waals surface area contributed by atoms with Gasteiger partial charge in [0.1, 0.15) is 23.7 Å². The zero-order valence-electron chi connectivity index (χ0n) is 26.6. The smallest absolute Gasteiger partial charge is 0.268 e. The van der Waals surface area contributed by atoms with Crippen LogP contribution in [0.25, 0.3) is 0 Å². The predicted octanol–water partition coefficient (Wildman–Crippen LogP) is 5.27. The van der Waals surface area contributed by atoms with Gasteiger partial charge < -0.3 is 19.1 Å². The van der Waals surface area contributed by atoms with Gasteiger partial charge in [-0.15, -0.1) is 0 Å². The van der Waals surface area contributed by atoms with Crippen molar-refractivity contribution >= 4 is 15.9 Å². The predicted molar refractivity (Wildman–Crippen MR) is 155 cm³/mol. The maximum atomic E-state index is 15.0. The fourth-order valence-electron chi connectivity index (χ4n) is 4.57. The summed E-state index contributed by atoms with van der Waals surface area (Å²) in [5.41, 5.74) is -0.343. The van der Waals surface area contributed by atoms with Crippen molar-refractivity contribution in [2.45, 2.75) is 56.1 Å². The van der Waals surface area contributed by atoms with E-state index in [4.69, 9.17) is 18.3 Å². The topological polar surface area (TPSA) is 107 Å². The van der Waals surface area contributed by atoms with E-state index in [2.05, 4.69) is 4.98 Å². The van der Waals surface area contributed by atoms with Gasteiger partial charge in [0.05, 0.1) is 29.0 Å². The Kier molecular flexibility index (Phi) is 8.27. The lowest BCUT2D eigenvalue weighted by Gasteiger charge is -2.29. The molecular weight excluding hydrogens is 580 g/mol. The Hall–Kier alpha value is -3.77. The third-order valence-electron chi connectivity index (χ3n) is 7.31. The number of sulfonamides is 1. The van der Waals surface area contributed by atoms with E-state index in [0.29, 0.717) is 62.1 Å². The van der Waals surface area contributed by atoms with Gasteiger partial charge in [0.25, 0.3) is 15.9 Å². The van der Waals surface area contributed by atoms with Crippen molar-refractivity contribution in [1.29, 1.82) is 0 Å². The first-order valence-corrected chi connectivity index (χ1v) is 15.6. The monoisotopic (exact) mass is 618 g/mol. The molecule has 1 saturated heterocycles. The van der Waals surface area contributed by atoms with Crippen LogP contribution in [0.4, 0.5) is 8.78 Å². The molecule has 1 aliphatic carbocycles. The van der Waals surface area contributed by atoms with Gasteiger partial charge in [-0.25, -0.2) is 17.5 Å². The fraction of sp³-hybridized carbons (Fsp3) is 0.419. The summed E-state index contributed by atoms with van der Waals surface area (Å²) in [5.74, 6) is -3.29. The van der Waals surface area contributed by atoms with Gasteiger partial charge in [0.2, 0.25) is 5.82 Å². The third kappa shape index (κ3) is 7.80. The van der Waals surface area contributed by atoms with E-state index in [9.17, 15) is 13.2 Å². The fourth-order valence-corrected chi connectivity index (χ4v) is 5.54. The van der Waals surface area contributed by atoms with Crippen LogP contribution in [-0.2, 0) is 10.0 Å². The molecule has 5 rings (SSSR count). The SMILES string of the molecule is [2H]C([2H])([2H])N1CCC(Oc2ccc(S(=O)(=O)NC(=O)c3ccc(O[C@H](CC)c4ccc(OCC5CC5)cn4)c(F)c3F)cc2)CC1. The highest BCUT2D eigenvalue weighted by molar-refractivity contribution is 7.90. The van der Waals surface area contributed by atoms with Crippen molar-refractivity contribution in [3.05, 3.63) is 77.6 Å². The summed E-state index contributed by atoms with van der Waals surface area (Å²) in [4.78, 5) is 18.2. The lowest BCUT2D eigenvalue weighted by Crippen LogP contribution is -2.35. The van der Waals surface area contributed by atoms with E-state index in [-0.39, 0.29) is 11.0 Å². The Morgan fingerprint density at radius 1 is 1.05 bits per heavy atom. The number of likely N-dealkylation sites (tertiary alicyclic amines) is 1. The number of aromatic nitrogens is 1. The molecule has 2 aromatic carbocycles. The summed E-state index contributed by atoms with van der Waals surface area (Å²) >= 11 is 0. The molecule has 2 aliphatic rings. The number of benzene rings is 2. The molecule has 0 unspecified atom stereocenters. The standard InChI is InChI=1S/C31H35F2N3O6S/c1-3-27(26-12-8-23(18-34-26)40-19-20-4-5-20)42-28-13-11-25(29(32)30(28)33)31(37)35-43(38,39)24-9-6-21(7-10-24)41-22-14-16-36(2)17-15-22/h6-13,18,20,22,27H,3-5,14-17,19H2,1-2H3,(H,35,37)/t27-/m1/s1/i2D3. The van der Waals surface area contributed by atoms with Crippen LogP contribution in [-0.4, -0.2) is 57.0 Å². The number of piperidine rings is 1. The number of rotatable bonds is 12. The minimum absolute atomic E-state index is 0.244. The summed E-state index contributed by atoms with van der Waals surface area (Å²) in [6, 6.07) is 10.6. The van der Waals surface area contributed by atoms with Gasteiger partial charge in [-0.1, -0.05) is 6.92 Å². The number of carbonyl (C=O) groups is 1. The average molecular weight is 619 g/mol. The molecule has 3 aromatic rings. The summed E-state index contributed by atoms with van der Waals surface area (Å²) in [6.07, 6.45) is 4.23. The zero-order chi connectivity index (χ0) is 33.1. The number of nitrogens with one attached hydrogen (secondary N) is 1. The molecule has 1 N–H and O–H groups in total. The van der Waals surface area contributed by atoms with Crippen LogP contribution in [0.5, 0.6) is 17.2 Å². The van der Waals surface area contributed by atoms with Crippen molar-refractivity contribution in [1.82, 2.24) is 14.6 Å². The number of ether oxygens (including phenoxy) is 3. The lowest BCUT2D eigenvalue weighted by molar-refractivity contribution is 0.0976. The zero-order valence-corrected chi connectivity index (χ0v) is 24.4. The van der Waals surface area contributed by atoms with Gasteiger partial charge in [0.15, 0.2) is 11.6 Å². The molecule has 1 aliphatic heterocycles. The Labute approximate surface area is 254 Å². The summed E-state index contributed by atoms with van der Waals surface area (Å²) in [5, 5.41) is 0. The van der Waals surface area contributed by atoms with Crippen molar-refractivity contribution in [3.8, 4) is 17.2 Å². The van der Waals surface area contributed by atoms with Crippen molar-refractivity contribution < 1.29 is 40.3 Å². The van der Waals surface area contributed by atoms with Gasteiger partial charge in [-0.3, -0.25) is 9.78 Å². The van der Waals surface area contributed by atoms with Gasteiger partial charge in [-0.2, -0.15) is 4.39 Å². The highest BCUT2D eigenvalue weighted by Crippen LogP contribution is 2.31. The summed E-state index contributed by atoms with van der Waals surface area (Å²) < 4.78 is 97.3. The van der Waals surface area contributed by atoms with Crippen LogP contribution >= 0.6 is 0 Å². The summed E-state index contributed by atoms with van der Waals surface area (Å²) in [6.45, 7) is 0.924. The van der Waals surface area contributed by atoms with Crippen LogP contribution in [0.1, 0.15) is 65.3 Å². The molecule has 9 nitrogen and oxygen atoms in total. The molecule has 2 heterocycles. The first-order chi connectivity index (χ1) is 21.8. The maximum absolute atomic E-state index is 15.0. The molecule has 230 valence electrons. The van der Waals surface area contributed by atoms with Crippen molar-refractivity contribution in [2.75, 3.05) is 26.7 Å². The van der Waals surface area contributed by atoms with Crippen LogP contribution in [0.15, 0.2) is 59.6 Å². The van der Waals surface area contributed by atoms with Crippen LogP contribution < -0.4 is 18.9 Å².